The molecule has 0 unspecified atom stereocenters. The van der Waals surface area contributed by atoms with Gasteiger partial charge in [0.2, 0.25) is 0 Å². The molecule has 7 heteroatoms. The van der Waals surface area contributed by atoms with Crippen molar-refractivity contribution in [3.8, 4) is 17.5 Å². The average molecular weight is 346 g/mol. The maximum Gasteiger partial charge on any atom is 0.160 e. The molecule has 26 heavy (non-hydrogen) atoms. The fourth-order valence-corrected chi connectivity index (χ4v) is 3.61. The van der Waals surface area contributed by atoms with Gasteiger partial charge < -0.3 is 10.5 Å². The number of rotatable bonds is 2. The fraction of sp³-hybridized carbons (Fsp3) is 0.211. The number of aryl methyl sites for hydroxylation is 2. The van der Waals surface area contributed by atoms with Crippen LogP contribution in [0, 0.1) is 32.1 Å². The second kappa shape index (κ2) is 5.49. The second-order valence-electron chi connectivity index (χ2n) is 6.33. The molecular formula is C19H18N6O. The number of nitrogens with two attached hydrogens (primary N) is 1. The van der Waals surface area contributed by atoms with Gasteiger partial charge in [-0.15, -0.1) is 0 Å². The first-order valence-corrected chi connectivity index (χ1v) is 8.17. The van der Waals surface area contributed by atoms with E-state index in [-0.39, 0.29) is 0 Å². The van der Waals surface area contributed by atoms with Gasteiger partial charge in [0.15, 0.2) is 11.3 Å². The minimum absolute atomic E-state index is 0.379. The molecule has 7 nitrogen and oxygen atoms in total. The van der Waals surface area contributed by atoms with Gasteiger partial charge in [0.05, 0.1) is 12.8 Å². The topological polar surface area (TPSA) is 94.2 Å². The highest BCUT2D eigenvalue weighted by Crippen LogP contribution is 2.36. The molecule has 0 spiro atoms. The molecule has 3 heterocycles. The summed E-state index contributed by atoms with van der Waals surface area (Å²) >= 11 is 0. The number of hydrogen-bond donors (Lipinski definition) is 1. The number of hydrogen-bond acceptors (Lipinski definition) is 5. The zero-order chi connectivity index (χ0) is 18.6. The van der Waals surface area contributed by atoms with Gasteiger partial charge in [-0.05, 0) is 44.0 Å². The van der Waals surface area contributed by atoms with Crippen LogP contribution >= 0.6 is 0 Å². The van der Waals surface area contributed by atoms with Crippen molar-refractivity contribution < 1.29 is 4.74 Å². The molecule has 0 amide bonds. The lowest BCUT2D eigenvalue weighted by Gasteiger charge is -2.17. The lowest BCUT2D eigenvalue weighted by Crippen LogP contribution is -2.08. The number of pyridine rings is 1. The molecule has 0 bridgehead atoms. The van der Waals surface area contributed by atoms with Gasteiger partial charge >= 0.3 is 0 Å². The van der Waals surface area contributed by atoms with Gasteiger partial charge in [-0.25, -0.2) is 4.98 Å². The largest absolute Gasteiger partial charge is 0.496 e. The molecule has 0 aliphatic heterocycles. The van der Waals surface area contributed by atoms with Crippen molar-refractivity contribution in [2.75, 3.05) is 12.8 Å². The van der Waals surface area contributed by atoms with Gasteiger partial charge in [0.1, 0.15) is 29.5 Å². The van der Waals surface area contributed by atoms with Gasteiger partial charge in [0, 0.05) is 10.9 Å². The maximum absolute atomic E-state index is 9.72. The van der Waals surface area contributed by atoms with Crippen LogP contribution in [0.1, 0.15) is 22.3 Å². The predicted molar refractivity (Wildman–Crippen MR) is 99.7 cm³/mol. The van der Waals surface area contributed by atoms with Crippen LogP contribution in [-0.4, -0.2) is 26.3 Å². The molecule has 0 aliphatic carbocycles. The summed E-state index contributed by atoms with van der Waals surface area (Å²) in [6.07, 6.45) is 1.51. The summed E-state index contributed by atoms with van der Waals surface area (Å²) in [7, 11) is 1.64. The average Bonchev–Trinajstić information content (AvgIpc) is 3.19. The summed E-state index contributed by atoms with van der Waals surface area (Å²) < 4.78 is 9.10. The highest BCUT2D eigenvalue weighted by molar-refractivity contribution is 5.94. The van der Waals surface area contributed by atoms with Crippen LogP contribution < -0.4 is 10.5 Å². The third kappa shape index (κ3) is 1.93. The first-order chi connectivity index (χ1) is 12.5. The molecule has 0 saturated carbocycles. The summed E-state index contributed by atoms with van der Waals surface area (Å²) in [6.45, 7) is 5.93. The molecule has 0 fully saturated rings. The molecular weight excluding hydrogens is 328 g/mol. The number of nitrogen functional groups attached to an aromatic ring is 1. The molecule has 0 saturated heterocycles. The van der Waals surface area contributed by atoms with Crippen LogP contribution in [0.3, 0.4) is 0 Å². The van der Waals surface area contributed by atoms with E-state index in [1.165, 1.54) is 6.33 Å². The minimum Gasteiger partial charge on any atom is -0.496 e. The van der Waals surface area contributed by atoms with Gasteiger partial charge in [0.25, 0.3) is 0 Å². The second-order valence-corrected chi connectivity index (χ2v) is 6.33. The Bertz CT molecular complexity index is 1220. The van der Waals surface area contributed by atoms with Crippen molar-refractivity contribution in [2.45, 2.75) is 20.8 Å². The quantitative estimate of drug-likeness (QED) is 0.602. The third-order valence-corrected chi connectivity index (χ3v) is 4.82. The van der Waals surface area contributed by atoms with E-state index in [1.807, 2.05) is 43.5 Å². The van der Waals surface area contributed by atoms with E-state index in [9.17, 15) is 5.26 Å². The van der Waals surface area contributed by atoms with Crippen molar-refractivity contribution in [1.29, 1.82) is 5.26 Å². The number of aromatic nitrogens is 4. The van der Waals surface area contributed by atoms with Crippen molar-refractivity contribution in [3.63, 3.8) is 0 Å². The Balaban J connectivity index is 2.28. The van der Waals surface area contributed by atoms with Crippen LogP contribution in [0.4, 0.5) is 5.82 Å². The number of methoxy groups -OCH3 is 1. The highest BCUT2D eigenvalue weighted by Gasteiger charge is 2.23. The van der Waals surface area contributed by atoms with Crippen molar-refractivity contribution in [1.82, 2.24) is 19.2 Å². The number of anilines is 1. The van der Waals surface area contributed by atoms with Gasteiger partial charge in [-0.2, -0.15) is 14.9 Å². The number of nitriles is 1. The molecule has 1 aromatic carbocycles. The molecule has 3 aromatic heterocycles. The third-order valence-electron chi connectivity index (χ3n) is 4.82. The van der Waals surface area contributed by atoms with Crippen LogP contribution in [-0.2, 0) is 0 Å². The fourth-order valence-electron chi connectivity index (χ4n) is 3.61. The minimum atomic E-state index is 0.379. The van der Waals surface area contributed by atoms with Gasteiger partial charge in [-0.3, -0.25) is 4.57 Å². The smallest absolute Gasteiger partial charge is 0.160 e. The molecule has 4 aromatic rings. The predicted octanol–water partition coefficient (Wildman–Crippen LogP) is 3.06. The van der Waals surface area contributed by atoms with Gasteiger partial charge in [-0.1, -0.05) is 6.07 Å². The molecule has 0 atom stereocenters. The van der Waals surface area contributed by atoms with Crippen LogP contribution in [0.15, 0.2) is 24.5 Å². The first kappa shape index (κ1) is 16.0. The van der Waals surface area contributed by atoms with Crippen molar-refractivity contribution >= 4 is 22.5 Å². The highest BCUT2D eigenvalue weighted by atomic mass is 16.5. The van der Waals surface area contributed by atoms with Crippen LogP contribution in [0.2, 0.25) is 0 Å². The zero-order valence-corrected chi connectivity index (χ0v) is 15.0. The van der Waals surface area contributed by atoms with E-state index < -0.39 is 0 Å². The number of nitrogens with zero attached hydrogens (tertiary/aromatic N) is 5. The molecule has 130 valence electrons. The number of benzene rings is 1. The van der Waals surface area contributed by atoms with E-state index in [2.05, 4.69) is 16.2 Å². The molecule has 0 aliphatic rings. The SMILES string of the molecule is COc1ccc(C)c(-n2c(N)c(C#N)c3cc(C)c4ncnn4c32)c1C. The molecule has 0 radical (unpaired) electrons. The van der Waals surface area contributed by atoms with E-state index >= 15 is 0 Å². The van der Waals surface area contributed by atoms with E-state index in [4.69, 9.17) is 10.5 Å². The first-order valence-electron chi connectivity index (χ1n) is 8.17. The monoisotopic (exact) mass is 346 g/mol. The zero-order valence-electron chi connectivity index (χ0n) is 15.0. The number of ether oxygens (including phenoxy) is 1. The summed E-state index contributed by atoms with van der Waals surface area (Å²) in [4.78, 5) is 4.34. The Kier molecular flexibility index (Phi) is 3.37. The van der Waals surface area contributed by atoms with E-state index in [0.717, 1.165) is 44.8 Å². The summed E-state index contributed by atoms with van der Waals surface area (Å²) in [5.41, 5.74) is 12.1. The Labute approximate surface area is 150 Å². The van der Waals surface area contributed by atoms with Crippen LogP contribution in [0.25, 0.3) is 22.4 Å². The summed E-state index contributed by atoms with van der Waals surface area (Å²) in [6, 6.07) is 8.09. The van der Waals surface area contributed by atoms with E-state index in [1.54, 1.807) is 11.6 Å². The summed E-state index contributed by atoms with van der Waals surface area (Å²) in [5.74, 6) is 1.14. The lowest BCUT2D eigenvalue weighted by atomic mass is 10.1. The molecule has 2 N–H and O–H groups in total. The standard InChI is InChI=1S/C19H18N6O/c1-10-5-6-15(26-4)12(3)16(10)24-17(21)14(8-20)13-7-11(2)18-22-9-23-25(18)19(13)24/h5-7,9H,21H2,1-4H3. The normalized spacial score (nSPS) is 11.2. The molecule has 4 rings (SSSR count). The van der Waals surface area contributed by atoms with Crippen molar-refractivity contribution in [2.24, 2.45) is 0 Å². The Morgan fingerprint density at radius 1 is 1.19 bits per heavy atom. The van der Waals surface area contributed by atoms with Crippen molar-refractivity contribution in [3.05, 3.63) is 46.8 Å². The van der Waals surface area contributed by atoms with E-state index in [0.29, 0.717) is 11.4 Å². The summed E-state index contributed by atoms with van der Waals surface area (Å²) in [5, 5.41) is 14.8. The lowest BCUT2D eigenvalue weighted by molar-refractivity contribution is 0.411. The number of fused-ring (bicyclic) bond motifs is 3. The Morgan fingerprint density at radius 3 is 2.65 bits per heavy atom. The Hall–Kier alpha value is -3.53. The maximum atomic E-state index is 9.72. The Morgan fingerprint density at radius 2 is 1.96 bits per heavy atom. The van der Waals surface area contributed by atoms with Crippen LogP contribution in [0.5, 0.6) is 5.75 Å².